The minimum Gasteiger partial charge on any atom is -0.490 e. The van der Waals surface area contributed by atoms with Gasteiger partial charge in [-0.05, 0) is 62.4 Å². The van der Waals surface area contributed by atoms with Gasteiger partial charge in [-0.2, -0.15) is 10.2 Å². The summed E-state index contributed by atoms with van der Waals surface area (Å²) in [5.41, 5.74) is 3.81. The molecule has 31 heavy (non-hydrogen) atoms. The highest BCUT2D eigenvalue weighted by Crippen LogP contribution is 2.36. The van der Waals surface area contributed by atoms with Crippen molar-refractivity contribution in [1.82, 2.24) is 15.5 Å². The van der Waals surface area contributed by atoms with E-state index in [1.165, 1.54) is 0 Å². The fraction of sp³-hybridized carbons (Fsp3) is 0.304. The molecular weight excluding hydrogens is 396 g/mol. The molecule has 0 saturated carbocycles. The van der Waals surface area contributed by atoms with Crippen LogP contribution in [0.5, 0.6) is 5.75 Å². The van der Waals surface area contributed by atoms with Gasteiger partial charge in [-0.15, -0.1) is 0 Å². The molecule has 8 nitrogen and oxygen atoms in total. The summed E-state index contributed by atoms with van der Waals surface area (Å²) in [6, 6.07) is 12.8. The lowest BCUT2D eigenvalue weighted by Crippen LogP contribution is -2.29. The molecule has 1 aromatic heterocycles. The minimum absolute atomic E-state index is 0.0448. The van der Waals surface area contributed by atoms with Gasteiger partial charge in [0.2, 0.25) is 5.82 Å². The molecule has 0 bridgehead atoms. The Labute approximate surface area is 179 Å². The standard InChI is InChI=1S/C23H22N4O4/c1-13(2)30-20-10-9-14(11-15(20)12-24)22-26-21(27-31-22)18-7-3-6-17-16(18)5-4-8-19(17)25-23(28)29/h3,6-7,9-11,13,19,25H,4-5,8H2,1-2H3,(H,28,29). The number of amides is 1. The largest absolute Gasteiger partial charge is 0.490 e. The van der Waals surface area contributed by atoms with E-state index in [-0.39, 0.29) is 12.1 Å². The molecule has 158 valence electrons. The molecule has 0 radical (unpaired) electrons. The molecule has 2 N–H and O–H groups in total. The summed E-state index contributed by atoms with van der Waals surface area (Å²) in [5.74, 6) is 1.25. The Balaban J connectivity index is 1.68. The SMILES string of the molecule is CC(C)Oc1ccc(-c2nc(-c3cccc4c3CCCC4NC(=O)O)no2)cc1C#N. The number of aromatic nitrogens is 2. The zero-order chi connectivity index (χ0) is 22.0. The first kappa shape index (κ1) is 20.4. The lowest BCUT2D eigenvalue weighted by atomic mass is 9.84. The van der Waals surface area contributed by atoms with Crippen molar-refractivity contribution in [3.8, 4) is 34.7 Å². The van der Waals surface area contributed by atoms with Crippen LogP contribution in [0.2, 0.25) is 0 Å². The third-order valence-electron chi connectivity index (χ3n) is 5.18. The summed E-state index contributed by atoms with van der Waals surface area (Å²) in [4.78, 5) is 15.7. The molecule has 1 heterocycles. The van der Waals surface area contributed by atoms with Crippen LogP contribution in [-0.4, -0.2) is 27.4 Å². The predicted octanol–water partition coefficient (Wildman–Crippen LogP) is 4.71. The number of nitriles is 1. The monoisotopic (exact) mass is 418 g/mol. The van der Waals surface area contributed by atoms with Crippen molar-refractivity contribution in [1.29, 1.82) is 5.26 Å². The summed E-state index contributed by atoms with van der Waals surface area (Å²) in [7, 11) is 0. The Kier molecular flexibility index (Phi) is 5.58. The minimum atomic E-state index is -1.04. The topological polar surface area (TPSA) is 121 Å². The molecule has 0 saturated heterocycles. The number of hydrogen-bond donors (Lipinski definition) is 2. The van der Waals surface area contributed by atoms with Gasteiger partial charge in [0.05, 0.1) is 17.7 Å². The zero-order valence-electron chi connectivity index (χ0n) is 17.3. The van der Waals surface area contributed by atoms with Crippen molar-refractivity contribution in [2.45, 2.75) is 45.3 Å². The van der Waals surface area contributed by atoms with Crippen LogP contribution in [0.15, 0.2) is 40.9 Å². The molecule has 0 spiro atoms. The van der Waals surface area contributed by atoms with Gasteiger partial charge < -0.3 is 19.7 Å². The third kappa shape index (κ3) is 4.21. The number of carbonyl (C=O) groups is 1. The normalized spacial score (nSPS) is 15.2. The van der Waals surface area contributed by atoms with Gasteiger partial charge >= 0.3 is 6.09 Å². The van der Waals surface area contributed by atoms with Crippen LogP contribution in [0.4, 0.5) is 4.79 Å². The van der Waals surface area contributed by atoms with Crippen LogP contribution < -0.4 is 10.1 Å². The van der Waals surface area contributed by atoms with E-state index in [0.29, 0.717) is 28.6 Å². The van der Waals surface area contributed by atoms with Gasteiger partial charge in [0.25, 0.3) is 5.89 Å². The first-order valence-corrected chi connectivity index (χ1v) is 10.1. The molecule has 8 heteroatoms. The van der Waals surface area contributed by atoms with Crippen LogP contribution in [0.1, 0.15) is 49.4 Å². The van der Waals surface area contributed by atoms with E-state index in [4.69, 9.17) is 14.4 Å². The average molecular weight is 418 g/mol. The summed E-state index contributed by atoms with van der Waals surface area (Å²) < 4.78 is 11.2. The quantitative estimate of drug-likeness (QED) is 0.615. The van der Waals surface area contributed by atoms with Crippen LogP contribution in [0.3, 0.4) is 0 Å². The maximum atomic E-state index is 11.1. The molecule has 1 amide bonds. The van der Waals surface area contributed by atoms with Gasteiger partial charge in [0, 0.05) is 11.1 Å². The molecule has 0 fully saturated rings. The van der Waals surface area contributed by atoms with E-state index < -0.39 is 6.09 Å². The number of hydrogen-bond acceptors (Lipinski definition) is 6. The lowest BCUT2D eigenvalue weighted by molar-refractivity contribution is 0.188. The van der Waals surface area contributed by atoms with Crippen LogP contribution in [0.25, 0.3) is 22.8 Å². The van der Waals surface area contributed by atoms with Crippen molar-refractivity contribution in [3.05, 3.63) is 53.1 Å². The Hall–Kier alpha value is -3.86. The molecule has 1 atom stereocenters. The average Bonchev–Trinajstić information content (AvgIpc) is 3.23. The van der Waals surface area contributed by atoms with Crippen LogP contribution >= 0.6 is 0 Å². The maximum absolute atomic E-state index is 11.1. The molecule has 0 aliphatic heterocycles. The van der Waals surface area contributed by atoms with Gasteiger partial charge in [-0.3, -0.25) is 0 Å². The summed E-state index contributed by atoms with van der Waals surface area (Å²) in [6.07, 6.45) is 1.34. The van der Waals surface area contributed by atoms with E-state index in [9.17, 15) is 10.1 Å². The Morgan fingerprint density at radius 1 is 1.35 bits per heavy atom. The fourth-order valence-electron chi connectivity index (χ4n) is 3.91. The number of nitrogens with zero attached hydrogens (tertiary/aromatic N) is 3. The number of rotatable bonds is 5. The molecule has 1 unspecified atom stereocenters. The van der Waals surface area contributed by atoms with Crippen molar-refractivity contribution in [2.24, 2.45) is 0 Å². The predicted molar refractivity (Wildman–Crippen MR) is 112 cm³/mol. The number of nitrogens with one attached hydrogen (secondary N) is 1. The Morgan fingerprint density at radius 3 is 2.94 bits per heavy atom. The van der Waals surface area contributed by atoms with Gasteiger partial charge in [0.15, 0.2) is 0 Å². The van der Waals surface area contributed by atoms with Gasteiger partial charge in [0.1, 0.15) is 11.8 Å². The fourth-order valence-corrected chi connectivity index (χ4v) is 3.91. The van der Waals surface area contributed by atoms with E-state index in [1.54, 1.807) is 18.2 Å². The van der Waals surface area contributed by atoms with E-state index in [2.05, 4.69) is 21.5 Å². The summed E-state index contributed by atoms with van der Waals surface area (Å²) >= 11 is 0. The second-order valence-electron chi connectivity index (χ2n) is 7.68. The second-order valence-corrected chi connectivity index (χ2v) is 7.68. The van der Waals surface area contributed by atoms with Crippen molar-refractivity contribution >= 4 is 6.09 Å². The highest BCUT2D eigenvalue weighted by atomic mass is 16.5. The smallest absolute Gasteiger partial charge is 0.405 e. The van der Waals surface area contributed by atoms with Crippen LogP contribution in [-0.2, 0) is 6.42 Å². The number of fused-ring (bicyclic) bond motifs is 1. The van der Waals surface area contributed by atoms with Crippen molar-refractivity contribution < 1.29 is 19.2 Å². The third-order valence-corrected chi connectivity index (χ3v) is 5.18. The number of ether oxygens (including phenoxy) is 1. The maximum Gasteiger partial charge on any atom is 0.405 e. The molecular formula is C23H22N4O4. The lowest BCUT2D eigenvalue weighted by Gasteiger charge is -2.26. The van der Waals surface area contributed by atoms with Crippen molar-refractivity contribution in [3.63, 3.8) is 0 Å². The van der Waals surface area contributed by atoms with E-state index in [0.717, 1.165) is 36.0 Å². The first-order valence-electron chi connectivity index (χ1n) is 10.1. The summed E-state index contributed by atoms with van der Waals surface area (Å²) in [6.45, 7) is 3.80. The van der Waals surface area contributed by atoms with E-state index in [1.807, 2.05) is 32.0 Å². The second kappa shape index (κ2) is 8.48. The van der Waals surface area contributed by atoms with Crippen LogP contribution in [0, 0.1) is 11.3 Å². The first-order chi connectivity index (χ1) is 15.0. The molecule has 1 aliphatic rings. The highest BCUT2D eigenvalue weighted by molar-refractivity contribution is 5.69. The molecule has 4 rings (SSSR count). The number of carboxylic acid groups (broad SMARTS) is 1. The molecule has 2 aromatic carbocycles. The highest BCUT2D eigenvalue weighted by Gasteiger charge is 2.25. The Bertz CT molecular complexity index is 1160. The summed E-state index contributed by atoms with van der Waals surface area (Å²) in [5, 5.41) is 25.3. The van der Waals surface area contributed by atoms with Gasteiger partial charge in [-0.1, -0.05) is 23.4 Å². The van der Waals surface area contributed by atoms with Gasteiger partial charge in [-0.25, -0.2) is 4.79 Å². The van der Waals surface area contributed by atoms with Crippen molar-refractivity contribution in [2.75, 3.05) is 0 Å². The van der Waals surface area contributed by atoms with E-state index >= 15 is 0 Å². The molecule has 3 aromatic rings. The Morgan fingerprint density at radius 2 is 2.19 bits per heavy atom. The zero-order valence-corrected chi connectivity index (χ0v) is 17.3. The molecule has 1 aliphatic carbocycles. The number of benzene rings is 2.